The molecule has 0 unspecified atom stereocenters. The summed E-state index contributed by atoms with van der Waals surface area (Å²) in [6.45, 7) is 4.65. The van der Waals surface area contributed by atoms with Gasteiger partial charge in [-0.05, 0) is 47.9 Å². The highest BCUT2D eigenvalue weighted by atomic mass is 19.4. The highest BCUT2D eigenvalue weighted by Crippen LogP contribution is 2.39. The number of hydrogen-bond donors (Lipinski definition) is 0. The fraction of sp³-hybridized carbons (Fsp3) is 0.367. The number of piperazine rings is 1. The van der Waals surface area contributed by atoms with Gasteiger partial charge in [-0.25, -0.2) is 0 Å². The molecule has 1 fully saturated rings. The number of anilines is 1. The van der Waals surface area contributed by atoms with E-state index >= 15 is 0 Å². The SMILES string of the molecule is CC(=O)N1CCN(c2cc(-c3ccccc3C)c3c(n2)OCCN(Cc2cc(C(F)(F)F)cc(C(F)(F)F)c2)C3=O)CC1. The molecule has 3 aromatic rings. The Labute approximate surface area is 243 Å². The molecular formula is C30H28F6N4O3. The zero-order valence-electron chi connectivity index (χ0n) is 23.3. The number of pyridine rings is 1. The number of fused-ring (bicyclic) bond motifs is 1. The highest BCUT2D eigenvalue weighted by molar-refractivity contribution is 6.04. The van der Waals surface area contributed by atoms with Crippen LogP contribution in [0.25, 0.3) is 11.1 Å². The second-order valence-corrected chi connectivity index (χ2v) is 10.5. The van der Waals surface area contributed by atoms with Gasteiger partial charge >= 0.3 is 12.4 Å². The minimum atomic E-state index is -5.01. The van der Waals surface area contributed by atoms with Crippen molar-refractivity contribution in [3.8, 4) is 17.0 Å². The van der Waals surface area contributed by atoms with E-state index in [0.717, 1.165) is 5.56 Å². The van der Waals surface area contributed by atoms with Gasteiger partial charge in [0.05, 0.1) is 17.7 Å². The molecule has 43 heavy (non-hydrogen) atoms. The molecule has 228 valence electrons. The molecule has 2 aliphatic rings. The summed E-state index contributed by atoms with van der Waals surface area (Å²) in [5.74, 6) is -0.115. The van der Waals surface area contributed by atoms with Gasteiger partial charge in [-0.3, -0.25) is 9.59 Å². The number of carbonyl (C=O) groups is 2. The van der Waals surface area contributed by atoms with Crippen molar-refractivity contribution in [2.45, 2.75) is 32.7 Å². The first-order valence-electron chi connectivity index (χ1n) is 13.5. The Balaban J connectivity index is 1.56. The van der Waals surface area contributed by atoms with E-state index in [1.54, 1.807) is 17.0 Å². The van der Waals surface area contributed by atoms with Crippen molar-refractivity contribution in [3.63, 3.8) is 0 Å². The molecule has 0 aliphatic carbocycles. The highest BCUT2D eigenvalue weighted by Gasteiger charge is 2.38. The van der Waals surface area contributed by atoms with Crippen LogP contribution in [0.2, 0.25) is 0 Å². The molecule has 0 N–H and O–H groups in total. The molecule has 1 saturated heterocycles. The molecule has 2 aliphatic heterocycles. The third-order valence-electron chi connectivity index (χ3n) is 7.58. The first-order valence-corrected chi connectivity index (χ1v) is 13.5. The van der Waals surface area contributed by atoms with Gasteiger partial charge in [0.15, 0.2) is 0 Å². The zero-order valence-corrected chi connectivity index (χ0v) is 23.3. The standard InChI is InChI=1S/C30H28F6N4O3/c1-18-5-3-4-6-23(18)24-16-25(39-9-7-38(8-10-39)19(2)41)37-27-26(24)28(42)40(11-12-43-27)17-20-13-21(29(31,32)33)15-22(14-20)30(34,35)36/h3-6,13-16H,7-12,17H2,1-2H3. The molecule has 2 aromatic carbocycles. The third-order valence-corrected chi connectivity index (χ3v) is 7.58. The van der Waals surface area contributed by atoms with Crippen molar-refractivity contribution in [3.05, 3.63) is 76.3 Å². The van der Waals surface area contributed by atoms with Crippen LogP contribution in [0, 0.1) is 6.92 Å². The van der Waals surface area contributed by atoms with E-state index in [1.165, 1.54) is 11.8 Å². The lowest BCUT2D eigenvalue weighted by atomic mass is 9.95. The maximum absolute atomic E-state index is 14.0. The number of ether oxygens (including phenoxy) is 1. The number of rotatable bonds is 4. The second kappa shape index (κ2) is 11.4. The number of nitrogens with zero attached hydrogens (tertiary/aromatic N) is 4. The fourth-order valence-electron chi connectivity index (χ4n) is 5.31. The molecule has 13 heteroatoms. The molecule has 1 aromatic heterocycles. The van der Waals surface area contributed by atoms with E-state index in [-0.39, 0.29) is 42.1 Å². The topological polar surface area (TPSA) is 66.0 Å². The lowest BCUT2D eigenvalue weighted by Gasteiger charge is -2.35. The predicted octanol–water partition coefficient (Wildman–Crippen LogP) is 5.80. The molecule has 0 spiro atoms. The largest absolute Gasteiger partial charge is 0.475 e. The summed E-state index contributed by atoms with van der Waals surface area (Å²) in [6, 6.07) is 10.3. The van der Waals surface area contributed by atoms with E-state index < -0.39 is 35.9 Å². The summed E-state index contributed by atoms with van der Waals surface area (Å²) in [5, 5.41) is 0. The summed E-state index contributed by atoms with van der Waals surface area (Å²) in [6.07, 6.45) is -10.0. The lowest BCUT2D eigenvalue weighted by molar-refractivity contribution is -0.143. The minimum Gasteiger partial charge on any atom is -0.475 e. The van der Waals surface area contributed by atoms with Crippen LogP contribution in [0.4, 0.5) is 32.2 Å². The Bertz CT molecular complexity index is 1520. The van der Waals surface area contributed by atoms with Gasteiger partial charge in [0.1, 0.15) is 18.0 Å². The average molecular weight is 607 g/mol. The van der Waals surface area contributed by atoms with Gasteiger partial charge in [-0.2, -0.15) is 31.3 Å². The van der Waals surface area contributed by atoms with E-state index in [2.05, 4.69) is 4.98 Å². The number of aromatic nitrogens is 1. The van der Waals surface area contributed by atoms with Crippen molar-refractivity contribution >= 4 is 17.6 Å². The maximum atomic E-state index is 14.0. The van der Waals surface area contributed by atoms with Gasteiger partial charge in [0.2, 0.25) is 11.8 Å². The fourth-order valence-corrected chi connectivity index (χ4v) is 5.31. The Morgan fingerprint density at radius 1 is 0.884 bits per heavy atom. The smallest absolute Gasteiger partial charge is 0.416 e. The normalized spacial score (nSPS) is 16.1. The quantitative estimate of drug-likeness (QED) is 0.352. The first kappa shape index (κ1) is 30.2. The predicted molar refractivity (Wildman–Crippen MR) is 146 cm³/mol. The average Bonchev–Trinajstić information content (AvgIpc) is 3.10. The van der Waals surface area contributed by atoms with Crippen molar-refractivity contribution < 1.29 is 40.7 Å². The molecule has 0 atom stereocenters. The van der Waals surface area contributed by atoms with Crippen LogP contribution in [0.5, 0.6) is 5.88 Å². The van der Waals surface area contributed by atoms with Crippen LogP contribution >= 0.6 is 0 Å². The molecule has 0 radical (unpaired) electrons. The van der Waals surface area contributed by atoms with E-state index in [4.69, 9.17) is 4.74 Å². The zero-order chi connectivity index (χ0) is 31.1. The Morgan fingerprint density at radius 2 is 1.51 bits per heavy atom. The number of carbonyl (C=O) groups excluding carboxylic acids is 2. The summed E-state index contributed by atoms with van der Waals surface area (Å²) in [5.41, 5.74) is -1.14. The molecule has 0 saturated carbocycles. The van der Waals surface area contributed by atoms with E-state index in [0.29, 0.717) is 55.3 Å². The van der Waals surface area contributed by atoms with Crippen LogP contribution in [0.15, 0.2) is 48.5 Å². The molecule has 0 bridgehead atoms. The number of halogens is 6. The van der Waals surface area contributed by atoms with Crippen molar-refractivity contribution in [2.24, 2.45) is 0 Å². The van der Waals surface area contributed by atoms with Crippen LogP contribution in [-0.4, -0.2) is 65.9 Å². The molecule has 7 nitrogen and oxygen atoms in total. The third kappa shape index (κ3) is 6.40. The van der Waals surface area contributed by atoms with Crippen LogP contribution < -0.4 is 9.64 Å². The number of hydrogen-bond acceptors (Lipinski definition) is 5. The Kier molecular flexibility index (Phi) is 8.01. The van der Waals surface area contributed by atoms with Crippen LogP contribution in [0.1, 0.15) is 39.5 Å². The van der Waals surface area contributed by atoms with Crippen molar-refractivity contribution in [1.29, 1.82) is 0 Å². The summed E-state index contributed by atoms with van der Waals surface area (Å²) < 4.78 is 86.8. The van der Waals surface area contributed by atoms with Gasteiger partial charge in [0, 0.05) is 45.2 Å². The van der Waals surface area contributed by atoms with Gasteiger partial charge < -0.3 is 19.4 Å². The lowest BCUT2D eigenvalue weighted by Crippen LogP contribution is -2.48. The van der Waals surface area contributed by atoms with E-state index in [1.807, 2.05) is 30.0 Å². The molecular weight excluding hydrogens is 578 g/mol. The molecule has 3 heterocycles. The number of aryl methyl sites for hydroxylation is 1. The summed E-state index contributed by atoms with van der Waals surface area (Å²) in [4.78, 5) is 35.3. The van der Waals surface area contributed by atoms with Gasteiger partial charge in [0.25, 0.3) is 5.91 Å². The number of amides is 2. The minimum absolute atomic E-state index is 0.0253. The van der Waals surface area contributed by atoms with Gasteiger partial charge in [-0.1, -0.05) is 24.3 Å². The molecule has 5 rings (SSSR count). The summed E-state index contributed by atoms with van der Waals surface area (Å²) >= 11 is 0. The maximum Gasteiger partial charge on any atom is 0.416 e. The molecule has 2 amide bonds. The van der Waals surface area contributed by atoms with Crippen LogP contribution in [0.3, 0.4) is 0 Å². The number of benzene rings is 2. The van der Waals surface area contributed by atoms with Gasteiger partial charge in [-0.15, -0.1) is 0 Å². The first-order chi connectivity index (χ1) is 20.2. The van der Waals surface area contributed by atoms with Crippen molar-refractivity contribution in [1.82, 2.24) is 14.8 Å². The second-order valence-electron chi connectivity index (χ2n) is 10.5. The number of alkyl halides is 6. The Hall–Kier alpha value is -4.29. The monoisotopic (exact) mass is 606 g/mol. The van der Waals surface area contributed by atoms with E-state index in [9.17, 15) is 35.9 Å². The van der Waals surface area contributed by atoms with Crippen molar-refractivity contribution in [2.75, 3.05) is 44.2 Å². The Morgan fingerprint density at radius 3 is 2.09 bits per heavy atom. The summed E-state index contributed by atoms with van der Waals surface area (Å²) in [7, 11) is 0. The van der Waals surface area contributed by atoms with Crippen LogP contribution in [-0.2, 0) is 23.7 Å².